The lowest BCUT2D eigenvalue weighted by Crippen LogP contribution is -2.43. The summed E-state index contributed by atoms with van der Waals surface area (Å²) in [6, 6.07) is 10.8. The minimum absolute atomic E-state index is 0.300. The average molecular weight is 221 g/mol. The third-order valence-electron chi connectivity index (χ3n) is 2.97. The molecule has 0 aromatic heterocycles. The number of benzene rings is 1. The predicted octanol–water partition coefficient (Wildman–Crippen LogP) is 3.06. The maximum atomic E-state index is 3.63. The quantitative estimate of drug-likeness (QED) is 0.842. The molecule has 0 aliphatic carbocycles. The Balaban J connectivity index is 1.87. The molecule has 1 aromatic carbocycles. The summed E-state index contributed by atoms with van der Waals surface area (Å²) in [5.41, 5.74) is 1.45. The van der Waals surface area contributed by atoms with Gasteiger partial charge in [0.25, 0.3) is 0 Å². The van der Waals surface area contributed by atoms with Crippen molar-refractivity contribution >= 4 is 11.8 Å². The number of thioether (sulfide) groups is 1. The van der Waals surface area contributed by atoms with Crippen molar-refractivity contribution in [2.45, 2.75) is 31.1 Å². The fourth-order valence-corrected chi connectivity index (χ4v) is 3.15. The summed E-state index contributed by atoms with van der Waals surface area (Å²) >= 11 is 2.07. The van der Waals surface area contributed by atoms with Gasteiger partial charge >= 0.3 is 0 Å². The van der Waals surface area contributed by atoms with E-state index in [-0.39, 0.29) is 0 Å². The highest BCUT2D eigenvalue weighted by Gasteiger charge is 2.26. The van der Waals surface area contributed by atoms with Crippen LogP contribution in [0.25, 0.3) is 0 Å². The van der Waals surface area contributed by atoms with Gasteiger partial charge in [0.05, 0.1) is 4.87 Å². The molecule has 15 heavy (non-hydrogen) atoms. The van der Waals surface area contributed by atoms with E-state index in [0.717, 1.165) is 0 Å². The standard InChI is InChI=1S/C13H19NS/c1-13(14-10-5-11-15-13)9-8-12-6-3-2-4-7-12/h2-4,6-7,14H,5,8-11H2,1H3. The monoisotopic (exact) mass is 221 g/mol. The lowest BCUT2D eigenvalue weighted by molar-refractivity contribution is 0.456. The Morgan fingerprint density at radius 2 is 2.13 bits per heavy atom. The van der Waals surface area contributed by atoms with E-state index in [0.29, 0.717) is 4.87 Å². The van der Waals surface area contributed by atoms with Gasteiger partial charge in [0.2, 0.25) is 0 Å². The summed E-state index contributed by atoms with van der Waals surface area (Å²) in [6.07, 6.45) is 3.71. The maximum absolute atomic E-state index is 3.63. The number of hydrogen-bond acceptors (Lipinski definition) is 2. The number of aryl methyl sites for hydroxylation is 1. The van der Waals surface area contributed by atoms with Gasteiger partial charge in [0.1, 0.15) is 0 Å². The van der Waals surface area contributed by atoms with E-state index >= 15 is 0 Å². The molecule has 1 aliphatic rings. The first-order valence-electron chi connectivity index (χ1n) is 5.71. The number of rotatable bonds is 3. The van der Waals surface area contributed by atoms with Gasteiger partial charge in [-0.2, -0.15) is 0 Å². The van der Waals surface area contributed by atoms with Crippen molar-refractivity contribution in [1.82, 2.24) is 5.32 Å². The van der Waals surface area contributed by atoms with E-state index in [9.17, 15) is 0 Å². The zero-order valence-electron chi connectivity index (χ0n) is 9.33. The van der Waals surface area contributed by atoms with Crippen molar-refractivity contribution in [3.05, 3.63) is 35.9 Å². The molecule has 0 saturated carbocycles. The first-order chi connectivity index (χ1) is 7.29. The van der Waals surface area contributed by atoms with E-state index in [1.807, 2.05) is 0 Å². The second-order valence-corrected chi connectivity index (χ2v) is 5.94. The molecular weight excluding hydrogens is 202 g/mol. The zero-order valence-corrected chi connectivity index (χ0v) is 10.1. The minimum atomic E-state index is 0.300. The predicted molar refractivity (Wildman–Crippen MR) is 68.2 cm³/mol. The molecule has 0 spiro atoms. The lowest BCUT2D eigenvalue weighted by Gasteiger charge is -2.34. The van der Waals surface area contributed by atoms with Crippen LogP contribution in [0.1, 0.15) is 25.3 Å². The fraction of sp³-hybridized carbons (Fsp3) is 0.538. The van der Waals surface area contributed by atoms with Crippen molar-refractivity contribution in [2.75, 3.05) is 12.3 Å². The van der Waals surface area contributed by atoms with Crippen molar-refractivity contribution in [1.29, 1.82) is 0 Å². The first-order valence-corrected chi connectivity index (χ1v) is 6.70. The highest BCUT2D eigenvalue weighted by Crippen LogP contribution is 2.30. The topological polar surface area (TPSA) is 12.0 Å². The Morgan fingerprint density at radius 1 is 1.33 bits per heavy atom. The average Bonchev–Trinajstić information content (AvgIpc) is 2.29. The Kier molecular flexibility index (Phi) is 3.71. The summed E-state index contributed by atoms with van der Waals surface area (Å²) < 4.78 is 0. The summed E-state index contributed by atoms with van der Waals surface area (Å²) in [4.78, 5) is 0.300. The van der Waals surface area contributed by atoms with Crippen LogP contribution in [0.3, 0.4) is 0 Å². The molecule has 0 bridgehead atoms. The molecule has 1 saturated heterocycles. The molecule has 1 fully saturated rings. The third kappa shape index (κ3) is 3.25. The Bertz CT molecular complexity index is 291. The smallest absolute Gasteiger partial charge is 0.0619 e. The highest BCUT2D eigenvalue weighted by molar-refractivity contribution is 8.00. The molecule has 1 N–H and O–H groups in total. The van der Waals surface area contributed by atoms with Crippen LogP contribution in [0, 0.1) is 0 Å². The Hall–Kier alpha value is -0.470. The third-order valence-corrected chi connectivity index (χ3v) is 4.45. The van der Waals surface area contributed by atoms with Crippen molar-refractivity contribution < 1.29 is 0 Å². The van der Waals surface area contributed by atoms with Gasteiger partial charge in [-0.25, -0.2) is 0 Å². The summed E-state index contributed by atoms with van der Waals surface area (Å²) in [7, 11) is 0. The molecule has 1 aliphatic heterocycles. The number of nitrogens with one attached hydrogen (secondary N) is 1. The second kappa shape index (κ2) is 5.04. The Morgan fingerprint density at radius 3 is 2.80 bits per heavy atom. The van der Waals surface area contributed by atoms with E-state index in [4.69, 9.17) is 0 Å². The van der Waals surface area contributed by atoms with Gasteiger partial charge in [-0.15, -0.1) is 11.8 Å². The minimum Gasteiger partial charge on any atom is -0.303 e. The summed E-state index contributed by atoms with van der Waals surface area (Å²) in [6.45, 7) is 3.51. The van der Waals surface area contributed by atoms with Crippen LogP contribution in [-0.2, 0) is 6.42 Å². The first kappa shape index (κ1) is 11.0. The summed E-state index contributed by atoms with van der Waals surface area (Å²) in [5, 5.41) is 3.63. The largest absolute Gasteiger partial charge is 0.303 e. The molecule has 0 radical (unpaired) electrons. The maximum Gasteiger partial charge on any atom is 0.0619 e. The molecule has 82 valence electrons. The van der Waals surface area contributed by atoms with Gasteiger partial charge in [-0.3, -0.25) is 0 Å². The zero-order chi connectivity index (χ0) is 10.6. The van der Waals surface area contributed by atoms with Gasteiger partial charge in [-0.05, 0) is 44.0 Å². The molecule has 1 aromatic rings. The van der Waals surface area contributed by atoms with Crippen LogP contribution in [0.15, 0.2) is 30.3 Å². The van der Waals surface area contributed by atoms with E-state index in [2.05, 4.69) is 54.3 Å². The van der Waals surface area contributed by atoms with E-state index < -0.39 is 0 Å². The van der Waals surface area contributed by atoms with Crippen molar-refractivity contribution in [2.24, 2.45) is 0 Å². The van der Waals surface area contributed by atoms with Gasteiger partial charge in [-0.1, -0.05) is 30.3 Å². The lowest BCUT2D eigenvalue weighted by atomic mass is 10.1. The van der Waals surface area contributed by atoms with Crippen molar-refractivity contribution in [3.63, 3.8) is 0 Å². The van der Waals surface area contributed by atoms with Crippen LogP contribution >= 0.6 is 11.8 Å². The molecule has 1 heterocycles. The van der Waals surface area contributed by atoms with Gasteiger partial charge < -0.3 is 5.32 Å². The van der Waals surface area contributed by atoms with E-state index in [1.165, 1.54) is 37.1 Å². The molecule has 1 unspecified atom stereocenters. The van der Waals surface area contributed by atoms with Crippen LogP contribution < -0.4 is 5.32 Å². The normalized spacial score (nSPS) is 26.5. The molecule has 2 rings (SSSR count). The SMILES string of the molecule is CC1(CCc2ccccc2)NCCCS1. The van der Waals surface area contributed by atoms with Crippen LogP contribution in [0.5, 0.6) is 0 Å². The second-order valence-electron chi connectivity index (χ2n) is 4.35. The number of hydrogen-bond donors (Lipinski definition) is 1. The van der Waals surface area contributed by atoms with Crippen molar-refractivity contribution in [3.8, 4) is 0 Å². The molecule has 1 atom stereocenters. The molecule has 0 amide bonds. The van der Waals surface area contributed by atoms with Gasteiger partial charge in [0, 0.05) is 0 Å². The van der Waals surface area contributed by atoms with E-state index in [1.54, 1.807) is 0 Å². The molecule has 1 nitrogen and oxygen atoms in total. The highest BCUT2D eigenvalue weighted by atomic mass is 32.2. The van der Waals surface area contributed by atoms with Gasteiger partial charge in [0.15, 0.2) is 0 Å². The molecular formula is C13H19NS. The van der Waals surface area contributed by atoms with Crippen LogP contribution in [0.4, 0.5) is 0 Å². The Labute approximate surface area is 96.7 Å². The summed E-state index contributed by atoms with van der Waals surface area (Å²) in [5.74, 6) is 1.30. The fourth-order valence-electron chi connectivity index (χ4n) is 1.96. The van der Waals surface area contributed by atoms with Crippen LogP contribution in [-0.4, -0.2) is 17.2 Å². The molecule has 2 heteroatoms. The van der Waals surface area contributed by atoms with Crippen LogP contribution in [0.2, 0.25) is 0 Å².